The van der Waals surface area contributed by atoms with E-state index in [9.17, 15) is 4.79 Å². The van der Waals surface area contributed by atoms with Crippen LogP contribution in [0.4, 0.5) is 14.9 Å². The molecule has 0 unspecified atom stereocenters. The van der Waals surface area contributed by atoms with Crippen LogP contribution in [0, 0.1) is 12.7 Å². The van der Waals surface area contributed by atoms with Gasteiger partial charge in [-0.15, -0.1) is 11.3 Å². The Morgan fingerprint density at radius 2 is 1.98 bits per heavy atom. The first-order chi connectivity index (χ1) is 19.8. The molecule has 12 nitrogen and oxygen atoms in total. The highest BCUT2D eigenvalue weighted by Gasteiger charge is 2.33. The molecule has 1 atom stereocenters. The van der Waals surface area contributed by atoms with Crippen LogP contribution in [0.2, 0.25) is 0 Å². The van der Waals surface area contributed by atoms with Gasteiger partial charge in [-0.05, 0) is 24.6 Å². The lowest BCUT2D eigenvalue weighted by Crippen LogP contribution is -2.33. The SMILES string of the molecule is COc1cnc2c(-c3nc4cc(F)c5c(c4s3)C[C@@H](OC(=O)N(C)c3cnc(OCCO)nc3)O5)cc(C)cc2n1. The number of amides is 1. The van der Waals surface area contributed by atoms with Crippen molar-refractivity contribution in [1.82, 2.24) is 24.9 Å². The third-order valence-electron chi connectivity index (χ3n) is 6.34. The van der Waals surface area contributed by atoms with Gasteiger partial charge in [0, 0.05) is 24.2 Å². The average Bonchev–Trinajstić information content (AvgIpc) is 3.59. The summed E-state index contributed by atoms with van der Waals surface area (Å²) in [7, 11) is 3.01. The van der Waals surface area contributed by atoms with Crippen molar-refractivity contribution in [2.45, 2.75) is 19.6 Å². The number of ether oxygens (including phenoxy) is 4. The predicted molar refractivity (Wildman–Crippen MR) is 147 cm³/mol. The van der Waals surface area contributed by atoms with Crippen molar-refractivity contribution in [3.8, 4) is 28.2 Å². The first kappa shape index (κ1) is 26.5. The number of rotatable bonds is 7. The van der Waals surface area contributed by atoms with E-state index in [1.807, 2.05) is 19.1 Å². The topological polar surface area (TPSA) is 142 Å². The summed E-state index contributed by atoms with van der Waals surface area (Å²) in [6.45, 7) is 1.82. The molecule has 1 N–H and O–H groups in total. The maximum atomic E-state index is 15.1. The van der Waals surface area contributed by atoms with Gasteiger partial charge in [-0.25, -0.2) is 34.1 Å². The highest BCUT2D eigenvalue weighted by molar-refractivity contribution is 7.22. The minimum Gasteiger partial charge on any atom is -0.480 e. The lowest BCUT2D eigenvalue weighted by Gasteiger charge is -2.19. The van der Waals surface area contributed by atoms with E-state index in [4.69, 9.17) is 29.0 Å². The van der Waals surface area contributed by atoms with Crippen molar-refractivity contribution in [3.63, 3.8) is 0 Å². The van der Waals surface area contributed by atoms with Crippen molar-refractivity contribution < 1.29 is 33.2 Å². The third-order valence-corrected chi connectivity index (χ3v) is 7.51. The molecule has 1 amide bonds. The molecule has 0 saturated carbocycles. The molecule has 0 aliphatic carbocycles. The Morgan fingerprint density at radius 3 is 2.73 bits per heavy atom. The van der Waals surface area contributed by atoms with Crippen LogP contribution in [0.5, 0.6) is 17.6 Å². The summed E-state index contributed by atoms with van der Waals surface area (Å²) in [6.07, 6.45) is 2.65. The summed E-state index contributed by atoms with van der Waals surface area (Å²) in [6, 6.07) is 5.25. The smallest absolute Gasteiger partial charge is 0.417 e. The number of thiazole rings is 1. The second-order valence-electron chi connectivity index (χ2n) is 9.12. The first-order valence-corrected chi connectivity index (χ1v) is 13.3. The fourth-order valence-corrected chi connectivity index (χ4v) is 5.52. The maximum Gasteiger partial charge on any atom is 0.417 e. The number of halogens is 1. The van der Waals surface area contributed by atoms with Gasteiger partial charge in [0.15, 0.2) is 11.6 Å². The summed E-state index contributed by atoms with van der Waals surface area (Å²) in [5.74, 6) is -0.166. The van der Waals surface area contributed by atoms with Crippen LogP contribution < -0.4 is 19.1 Å². The number of hydrogen-bond donors (Lipinski definition) is 1. The molecule has 1 aliphatic heterocycles. The molecule has 0 bridgehead atoms. The van der Waals surface area contributed by atoms with E-state index in [1.54, 1.807) is 6.20 Å². The number of benzene rings is 2. The summed E-state index contributed by atoms with van der Waals surface area (Å²) < 4.78 is 37.4. The highest BCUT2D eigenvalue weighted by atomic mass is 32.1. The molecule has 4 heterocycles. The third kappa shape index (κ3) is 5.02. The van der Waals surface area contributed by atoms with Crippen LogP contribution in [0.15, 0.2) is 36.8 Å². The number of aromatic nitrogens is 5. The van der Waals surface area contributed by atoms with Crippen molar-refractivity contribution in [2.75, 3.05) is 32.3 Å². The number of aryl methyl sites for hydroxylation is 1. The van der Waals surface area contributed by atoms with E-state index in [0.717, 1.165) is 15.8 Å². The van der Waals surface area contributed by atoms with E-state index < -0.39 is 18.2 Å². The molecule has 2 aromatic carbocycles. The van der Waals surface area contributed by atoms with Gasteiger partial charge in [0.2, 0.25) is 5.88 Å². The molecular weight excluding hydrogens is 555 g/mol. The second kappa shape index (κ2) is 10.7. The van der Waals surface area contributed by atoms with E-state index >= 15 is 4.39 Å². The standard InChI is InChI=1S/C27H23FN6O6S/c1-13-6-15(22-18(7-13)32-20(37-3)12-29-22)25-33-19-9-17(28)23-16(24(19)41-25)8-21(39-23)40-27(36)34(2)14-10-30-26(31-11-14)38-5-4-35/h6-7,9-12,21,35H,4-5,8H2,1-3H3/t21-/m1/s1. The number of methoxy groups -OCH3 is 1. The number of nitrogens with zero attached hydrogens (tertiary/aromatic N) is 6. The Balaban J connectivity index is 1.25. The molecule has 0 saturated heterocycles. The minimum absolute atomic E-state index is 0.0282. The number of aliphatic hydroxyl groups excluding tert-OH is 1. The van der Waals surface area contributed by atoms with Gasteiger partial charge in [0.05, 0.1) is 65.7 Å². The number of carbonyl (C=O) groups excluding carboxylic acids is 1. The molecule has 3 aromatic heterocycles. The van der Waals surface area contributed by atoms with Crippen molar-refractivity contribution in [1.29, 1.82) is 0 Å². The molecule has 0 fully saturated rings. The number of carbonyl (C=O) groups is 1. The van der Waals surface area contributed by atoms with Crippen LogP contribution in [0.25, 0.3) is 31.8 Å². The molecule has 210 valence electrons. The Bertz CT molecular complexity index is 1780. The Labute approximate surface area is 236 Å². The second-order valence-corrected chi connectivity index (χ2v) is 10.1. The predicted octanol–water partition coefficient (Wildman–Crippen LogP) is 4.06. The zero-order valence-electron chi connectivity index (χ0n) is 22.1. The molecule has 41 heavy (non-hydrogen) atoms. The molecule has 0 spiro atoms. The van der Waals surface area contributed by atoms with Gasteiger partial charge >= 0.3 is 12.1 Å². The quantitative estimate of drug-likeness (QED) is 0.299. The number of hydrogen-bond acceptors (Lipinski definition) is 12. The van der Waals surface area contributed by atoms with E-state index in [-0.39, 0.29) is 31.4 Å². The maximum absolute atomic E-state index is 15.1. The van der Waals surface area contributed by atoms with Gasteiger partial charge in [0.1, 0.15) is 11.6 Å². The van der Waals surface area contributed by atoms with Crippen molar-refractivity contribution in [3.05, 3.63) is 53.7 Å². The van der Waals surface area contributed by atoms with Crippen LogP contribution >= 0.6 is 11.3 Å². The molecule has 14 heteroatoms. The van der Waals surface area contributed by atoms with Gasteiger partial charge in [0.25, 0.3) is 6.29 Å². The van der Waals surface area contributed by atoms with E-state index in [1.165, 1.54) is 48.9 Å². The van der Waals surface area contributed by atoms with E-state index in [0.29, 0.717) is 38.7 Å². The van der Waals surface area contributed by atoms with Gasteiger partial charge in [-0.3, -0.25) is 4.90 Å². The van der Waals surface area contributed by atoms with Gasteiger partial charge in [-0.1, -0.05) is 0 Å². The van der Waals surface area contributed by atoms with Crippen molar-refractivity contribution >= 4 is 44.4 Å². The zero-order valence-corrected chi connectivity index (χ0v) is 22.9. The van der Waals surface area contributed by atoms with Crippen LogP contribution in [-0.4, -0.2) is 69.8 Å². The van der Waals surface area contributed by atoms with Gasteiger partial charge < -0.3 is 24.1 Å². The summed E-state index contributed by atoms with van der Waals surface area (Å²) >= 11 is 1.38. The first-order valence-electron chi connectivity index (χ1n) is 12.4. The molecule has 5 aromatic rings. The summed E-state index contributed by atoms with van der Waals surface area (Å²) in [4.78, 5) is 35.7. The normalized spacial score (nSPS) is 14.1. The van der Waals surface area contributed by atoms with Crippen LogP contribution in [-0.2, 0) is 11.2 Å². The summed E-state index contributed by atoms with van der Waals surface area (Å²) in [5.41, 5.74) is 4.41. The van der Waals surface area contributed by atoms with E-state index in [2.05, 4.69) is 19.9 Å². The average molecular weight is 579 g/mol. The fourth-order valence-electron chi connectivity index (χ4n) is 4.41. The molecule has 0 radical (unpaired) electrons. The fraction of sp³-hybridized carbons (Fsp3) is 0.259. The molecule has 6 rings (SSSR count). The Morgan fingerprint density at radius 1 is 1.17 bits per heavy atom. The van der Waals surface area contributed by atoms with Crippen LogP contribution in [0.3, 0.4) is 0 Å². The van der Waals surface area contributed by atoms with Gasteiger partial charge in [-0.2, -0.15) is 0 Å². The zero-order chi connectivity index (χ0) is 28.7. The van der Waals surface area contributed by atoms with Crippen molar-refractivity contribution in [2.24, 2.45) is 0 Å². The Kier molecular flexibility index (Phi) is 6.93. The number of anilines is 1. The number of fused-ring (bicyclic) bond motifs is 4. The monoisotopic (exact) mass is 578 g/mol. The van der Waals surface area contributed by atoms with Crippen LogP contribution in [0.1, 0.15) is 11.1 Å². The molecule has 1 aliphatic rings. The lowest BCUT2D eigenvalue weighted by atomic mass is 10.1. The number of aliphatic hydroxyl groups is 1. The summed E-state index contributed by atoms with van der Waals surface area (Å²) in [5, 5.41) is 9.49. The minimum atomic E-state index is -1.04. The largest absolute Gasteiger partial charge is 0.480 e. The Hall–Kier alpha value is -4.69. The highest BCUT2D eigenvalue weighted by Crippen LogP contribution is 2.43. The lowest BCUT2D eigenvalue weighted by molar-refractivity contribution is -0.0144. The molecular formula is C27H23FN6O6S.